The van der Waals surface area contributed by atoms with Crippen LogP contribution in [0.2, 0.25) is 5.15 Å². The Morgan fingerprint density at radius 3 is 2.89 bits per heavy atom. The molecule has 0 amide bonds. The third kappa shape index (κ3) is 4.52. The number of nitrogens with one attached hydrogen (secondary N) is 3. The van der Waals surface area contributed by atoms with Gasteiger partial charge in [0.15, 0.2) is 0 Å². The molecule has 1 unspecified atom stereocenters. The highest BCUT2D eigenvalue weighted by molar-refractivity contribution is 7.77. The molecule has 3 aromatic rings. The van der Waals surface area contributed by atoms with Crippen LogP contribution >= 0.6 is 11.6 Å². The van der Waals surface area contributed by atoms with E-state index in [1.165, 1.54) is 0 Å². The number of hydrogen-bond donors (Lipinski definition) is 4. The maximum absolute atomic E-state index is 10.8. The second-order valence-corrected chi connectivity index (χ2v) is 8.30. The summed E-state index contributed by atoms with van der Waals surface area (Å²) in [4.78, 5) is 12.0. The van der Waals surface area contributed by atoms with E-state index in [2.05, 4.69) is 25.0 Å². The van der Waals surface area contributed by atoms with E-state index in [0.29, 0.717) is 23.7 Å². The molecule has 4 N–H and O–H groups in total. The van der Waals surface area contributed by atoms with Gasteiger partial charge in [0, 0.05) is 35.9 Å². The Morgan fingerprint density at radius 1 is 1.29 bits per heavy atom. The standard InChI is InChI=1S/C19H22ClN5O2S/c20-17-8-13(16-11-22-19-15(16)2-1-7-21-19)9-18(25-17)24-14-5-3-12(4-6-14)10-23-28(26)27/h1-2,7-9,11-12,14,23H,3-6,10H2,(H,21,22)(H,24,25)(H,26,27). The van der Waals surface area contributed by atoms with E-state index >= 15 is 0 Å². The first-order valence-electron chi connectivity index (χ1n) is 9.29. The molecule has 1 saturated carbocycles. The minimum Gasteiger partial charge on any atom is -0.367 e. The number of H-pyrrole nitrogens is 1. The number of anilines is 1. The fourth-order valence-electron chi connectivity index (χ4n) is 3.83. The SMILES string of the molecule is O=S(O)NCC1CCC(Nc2cc(-c3c[nH]c4ncccc34)cc(Cl)n2)CC1. The molecule has 1 aliphatic carbocycles. The number of aromatic amines is 1. The molecule has 28 heavy (non-hydrogen) atoms. The van der Waals surface area contributed by atoms with E-state index in [-0.39, 0.29) is 0 Å². The van der Waals surface area contributed by atoms with Gasteiger partial charge in [0.05, 0.1) is 0 Å². The van der Waals surface area contributed by atoms with Gasteiger partial charge in [-0.1, -0.05) is 11.6 Å². The highest BCUT2D eigenvalue weighted by atomic mass is 35.5. The Morgan fingerprint density at radius 2 is 2.11 bits per heavy atom. The molecule has 0 aromatic carbocycles. The monoisotopic (exact) mass is 419 g/mol. The summed E-state index contributed by atoms with van der Waals surface area (Å²) >= 11 is 4.36. The van der Waals surface area contributed by atoms with Gasteiger partial charge in [-0.15, -0.1) is 0 Å². The van der Waals surface area contributed by atoms with Crippen molar-refractivity contribution < 1.29 is 8.76 Å². The van der Waals surface area contributed by atoms with E-state index in [0.717, 1.165) is 53.7 Å². The maximum atomic E-state index is 10.8. The van der Waals surface area contributed by atoms with Crippen molar-refractivity contribution in [3.8, 4) is 11.1 Å². The third-order valence-corrected chi connectivity index (χ3v) is 5.86. The van der Waals surface area contributed by atoms with E-state index in [1.54, 1.807) is 6.20 Å². The smallest absolute Gasteiger partial charge is 0.231 e. The molecule has 0 bridgehead atoms. The summed E-state index contributed by atoms with van der Waals surface area (Å²) in [5.41, 5.74) is 2.88. The second kappa shape index (κ2) is 8.57. The molecule has 4 rings (SSSR count). The lowest BCUT2D eigenvalue weighted by atomic mass is 9.86. The first-order chi connectivity index (χ1) is 13.6. The lowest BCUT2D eigenvalue weighted by molar-refractivity contribution is 0.336. The Kier molecular flexibility index (Phi) is 5.91. The predicted molar refractivity (Wildman–Crippen MR) is 112 cm³/mol. The predicted octanol–water partition coefficient (Wildman–Crippen LogP) is 3.98. The van der Waals surface area contributed by atoms with Gasteiger partial charge in [0.2, 0.25) is 11.3 Å². The van der Waals surface area contributed by atoms with Crippen LogP contribution in [0.15, 0.2) is 36.7 Å². The maximum Gasteiger partial charge on any atom is 0.231 e. The minimum absolute atomic E-state index is 0.319. The van der Waals surface area contributed by atoms with Crippen LogP contribution in [0.1, 0.15) is 25.7 Å². The number of rotatable bonds is 6. The zero-order valence-electron chi connectivity index (χ0n) is 15.2. The topological polar surface area (TPSA) is 103 Å². The number of nitrogens with zero attached hydrogens (tertiary/aromatic N) is 2. The Balaban J connectivity index is 1.46. The molecule has 1 atom stereocenters. The average Bonchev–Trinajstić information content (AvgIpc) is 3.11. The van der Waals surface area contributed by atoms with Crippen molar-refractivity contribution in [3.05, 3.63) is 41.8 Å². The van der Waals surface area contributed by atoms with Crippen LogP contribution in [0.25, 0.3) is 22.2 Å². The summed E-state index contributed by atoms with van der Waals surface area (Å²) in [5, 5.41) is 5.00. The van der Waals surface area contributed by atoms with Crippen molar-refractivity contribution in [1.29, 1.82) is 0 Å². The molecule has 7 nitrogen and oxygen atoms in total. The first kappa shape index (κ1) is 19.3. The molecule has 3 aromatic heterocycles. The number of pyridine rings is 2. The number of fused-ring (bicyclic) bond motifs is 1. The van der Waals surface area contributed by atoms with Crippen molar-refractivity contribution >= 4 is 39.7 Å². The van der Waals surface area contributed by atoms with Crippen LogP contribution in [0.5, 0.6) is 0 Å². The molecule has 3 heterocycles. The van der Waals surface area contributed by atoms with Crippen LogP contribution < -0.4 is 10.0 Å². The number of hydrogen-bond acceptors (Lipinski definition) is 4. The van der Waals surface area contributed by atoms with Gasteiger partial charge in [-0.25, -0.2) is 18.9 Å². The Bertz CT molecular complexity index is 987. The lowest BCUT2D eigenvalue weighted by Crippen LogP contribution is -2.32. The number of halogens is 1. The summed E-state index contributed by atoms with van der Waals surface area (Å²) in [6.07, 6.45) is 7.69. The van der Waals surface area contributed by atoms with E-state index in [1.807, 2.05) is 30.5 Å². The van der Waals surface area contributed by atoms with Gasteiger partial charge >= 0.3 is 0 Å². The molecule has 1 aliphatic rings. The zero-order valence-corrected chi connectivity index (χ0v) is 16.8. The molecule has 148 valence electrons. The molecular formula is C19H22ClN5O2S. The van der Waals surface area contributed by atoms with Crippen molar-refractivity contribution in [2.24, 2.45) is 5.92 Å². The highest BCUT2D eigenvalue weighted by Crippen LogP contribution is 2.32. The molecular weight excluding hydrogens is 398 g/mol. The molecule has 0 spiro atoms. The van der Waals surface area contributed by atoms with Crippen LogP contribution in [0.4, 0.5) is 5.82 Å². The fourth-order valence-corrected chi connectivity index (χ4v) is 4.42. The van der Waals surface area contributed by atoms with Gasteiger partial charge in [0.1, 0.15) is 16.6 Å². The molecule has 0 saturated heterocycles. The minimum atomic E-state index is -1.94. The van der Waals surface area contributed by atoms with Gasteiger partial charge < -0.3 is 10.3 Å². The van der Waals surface area contributed by atoms with Gasteiger partial charge in [-0.2, -0.15) is 0 Å². The second-order valence-electron chi connectivity index (χ2n) is 7.13. The van der Waals surface area contributed by atoms with Crippen LogP contribution in [0.3, 0.4) is 0 Å². The van der Waals surface area contributed by atoms with Crippen molar-refractivity contribution in [2.75, 3.05) is 11.9 Å². The van der Waals surface area contributed by atoms with Crippen molar-refractivity contribution in [3.63, 3.8) is 0 Å². The van der Waals surface area contributed by atoms with Crippen molar-refractivity contribution in [2.45, 2.75) is 31.7 Å². The summed E-state index contributed by atoms with van der Waals surface area (Å²) < 4.78 is 22.2. The van der Waals surface area contributed by atoms with Gasteiger partial charge in [-0.3, -0.25) is 4.55 Å². The third-order valence-electron chi connectivity index (χ3n) is 5.25. The number of aromatic nitrogens is 3. The van der Waals surface area contributed by atoms with Crippen LogP contribution in [0, 0.1) is 5.92 Å². The summed E-state index contributed by atoms with van der Waals surface area (Å²) in [5.74, 6) is 1.19. The van der Waals surface area contributed by atoms with Crippen LogP contribution in [-0.2, 0) is 11.3 Å². The van der Waals surface area contributed by atoms with Crippen LogP contribution in [-0.4, -0.2) is 36.3 Å². The van der Waals surface area contributed by atoms with E-state index < -0.39 is 11.3 Å². The lowest BCUT2D eigenvalue weighted by Gasteiger charge is -2.29. The molecule has 9 heteroatoms. The first-order valence-corrected chi connectivity index (χ1v) is 10.8. The van der Waals surface area contributed by atoms with E-state index in [9.17, 15) is 4.21 Å². The van der Waals surface area contributed by atoms with Gasteiger partial charge in [-0.05, 0) is 61.4 Å². The van der Waals surface area contributed by atoms with Gasteiger partial charge in [0.25, 0.3) is 0 Å². The summed E-state index contributed by atoms with van der Waals surface area (Å²) in [7, 11) is 0. The quantitative estimate of drug-likeness (QED) is 0.357. The molecule has 0 radical (unpaired) electrons. The zero-order chi connectivity index (χ0) is 19.5. The molecule has 1 fully saturated rings. The molecule has 0 aliphatic heterocycles. The normalized spacial score (nSPS) is 20.9. The average molecular weight is 420 g/mol. The largest absolute Gasteiger partial charge is 0.367 e. The Hall–Kier alpha value is -2.00. The highest BCUT2D eigenvalue weighted by Gasteiger charge is 2.22. The summed E-state index contributed by atoms with van der Waals surface area (Å²) in [6, 6.07) is 8.15. The van der Waals surface area contributed by atoms with Crippen molar-refractivity contribution in [1.82, 2.24) is 19.7 Å². The fraction of sp³-hybridized carbons (Fsp3) is 0.368. The Labute approximate surface area is 170 Å². The summed E-state index contributed by atoms with van der Waals surface area (Å²) in [6.45, 7) is 0.573. The van der Waals surface area contributed by atoms with E-state index in [4.69, 9.17) is 16.2 Å².